The highest BCUT2D eigenvalue weighted by Crippen LogP contribution is 2.08. The number of nitrogens with zero attached hydrogens (tertiary/aromatic N) is 1. The molecule has 0 bridgehead atoms. The van der Waals surface area contributed by atoms with Crippen molar-refractivity contribution < 1.29 is 4.79 Å². The number of nitrogens with one attached hydrogen (secondary N) is 1. The third-order valence-electron chi connectivity index (χ3n) is 2.96. The van der Waals surface area contributed by atoms with Crippen molar-refractivity contribution >= 4 is 5.91 Å². The van der Waals surface area contributed by atoms with Gasteiger partial charge in [-0.15, -0.1) is 0 Å². The van der Waals surface area contributed by atoms with Crippen molar-refractivity contribution in [2.75, 3.05) is 20.6 Å². The van der Waals surface area contributed by atoms with Gasteiger partial charge in [-0.1, -0.05) is 31.2 Å². The Balaban J connectivity index is 2.53. The van der Waals surface area contributed by atoms with Gasteiger partial charge in [0.1, 0.15) is 0 Å². The van der Waals surface area contributed by atoms with Crippen LogP contribution in [0.1, 0.15) is 18.1 Å². The quantitative estimate of drug-likeness (QED) is 0.789. The van der Waals surface area contributed by atoms with Crippen molar-refractivity contribution in [3.8, 4) is 0 Å². The van der Waals surface area contributed by atoms with E-state index in [1.54, 1.807) is 7.05 Å². The molecule has 4 nitrogen and oxygen atoms in total. The fourth-order valence-electron chi connectivity index (χ4n) is 2.03. The zero-order chi connectivity index (χ0) is 13.5. The van der Waals surface area contributed by atoms with Gasteiger partial charge in [-0.25, -0.2) is 0 Å². The van der Waals surface area contributed by atoms with E-state index in [1.165, 1.54) is 5.56 Å². The highest BCUT2D eigenvalue weighted by molar-refractivity contribution is 5.78. The van der Waals surface area contributed by atoms with Crippen molar-refractivity contribution in [1.82, 2.24) is 10.2 Å². The number of amides is 1. The highest BCUT2D eigenvalue weighted by Gasteiger charge is 2.13. The summed E-state index contributed by atoms with van der Waals surface area (Å²) in [5.41, 5.74) is 7.99. The number of hydrogen-bond acceptors (Lipinski definition) is 3. The fraction of sp³-hybridized carbons (Fsp3) is 0.500. The molecule has 0 aromatic heterocycles. The molecule has 0 aliphatic heterocycles. The summed E-state index contributed by atoms with van der Waals surface area (Å²) in [6, 6.07) is 8.24. The van der Waals surface area contributed by atoms with Crippen LogP contribution < -0.4 is 11.1 Å². The molecular formula is C14H23N3O. The van der Waals surface area contributed by atoms with Crippen molar-refractivity contribution in [3.05, 3.63) is 35.4 Å². The summed E-state index contributed by atoms with van der Waals surface area (Å²) in [7, 11) is 3.69. The van der Waals surface area contributed by atoms with Crippen LogP contribution in [-0.2, 0) is 17.9 Å². The minimum atomic E-state index is -0.00214. The maximum atomic E-state index is 11.4. The Bertz CT molecular complexity index is 392. The second-order valence-electron chi connectivity index (χ2n) is 4.74. The third-order valence-corrected chi connectivity index (χ3v) is 2.96. The molecular weight excluding hydrogens is 226 g/mol. The molecule has 1 amide bonds. The predicted molar refractivity (Wildman–Crippen MR) is 73.9 cm³/mol. The van der Waals surface area contributed by atoms with Crippen LogP contribution in [0.25, 0.3) is 0 Å². The summed E-state index contributed by atoms with van der Waals surface area (Å²) in [4.78, 5) is 13.6. The van der Waals surface area contributed by atoms with Crippen LogP contribution in [0, 0.1) is 5.92 Å². The van der Waals surface area contributed by atoms with Gasteiger partial charge in [0.25, 0.3) is 0 Å². The zero-order valence-electron chi connectivity index (χ0n) is 11.4. The van der Waals surface area contributed by atoms with Crippen LogP contribution in [0.2, 0.25) is 0 Å². The van der Waals surface area contributed by atoms with Gasteiger partial charge in [0.2, 0.25) is 5.91 Å². The molecule has 0 saturated heterocycles. The largest absolute Gasteiger partial charge is 0.359 e. The number of carbonyl (C=O) groups is 1. The first-order chi connectivity index (χ1) is 8.56. The lowest BCUT2D eigenvalue weighted by atomic mass is 10.1. The molecule has 1 aromatic carbocycles. The van der Waals surface area contributed by atoms with Gasteiger partial charge in [0, 0.05) is 32.6 Å². The molecule has 0 saturated carbocycles. The molecule has 1 unspecified atom stereocenters. The number of carbonyl (C=O) groups excluding carboxylic acids is 1. The summed E-state index contributed by atoms with van der Waals surface area (Å²) in [5.74, 6) is 0.0789. The molecule has 0 aliphatic rings. The van der Waals surface area contributed by atoms with E-state index in [-0.39, 0.29) is 11.8 Å². The lowest BCUT2D eigenvalue weighted by molar-refractivity contribution is -0.124. The van der Waals surface area contributed by atoms with E-state index >= 15 is 0 Å². The maximum Gasteiger partial charge on any atom is 0.223 e. The predicted octanol–water partition coefficient (Wildman–Crippen LogP) is 0.959. The van der Waals surface area contributed by atoms with Gasteiger partial charge in [-0.05, 0) is 18.2 Å². The number of benzene rings is 1. The molecule has 4 heteroatoms. The van der Waals surface area contributed by atoms with Crippen molar-refractivity contribution in [2.45, 2.75) is 20.0 Å². The van der Waals surface area contributed by atoms with E-state index in [1.807, 2.05) is 26.1 Å². The summed E-state index contributed by atoms with van der Waals surface area (Å²) in [5, 5.41) is 2.67. The van der Waals surface area contributed by atoms with E-state index in [4.69, 9.17) is 5.73 Å². The zero-order valence-corrected chi connectivity index (χ0v) is 11.4. The number of nitrogens with two attached hydrogens (primary N) is 1. The first kappa shape index (κ1) is 14.7. The average Bonchev–Trinajstić information content (AvgIpc) is 2.37. The fourth-order valence-corrected chi connectivity index (χ4v) is 2.03. The Labute approximate surface area is 109 Å². The molecule has 1 rings (SSSR count). The average molecular weight is 249 g/mol. The Morgan fingerprint density at radius 2 is 2.11 bits per heavy atom. The molecule has 0 heterocycles. The third kappa shape index (κ3) is 4.47. The molecule has 0 fully saturated rings. The highest BCUT2D eigenvalue weighted by atomic mass is 16.1. The minimum absolute atomic E-state index is 0.00214. The Hall–Kier alpha value is -1.39. The van der Waals surface area contributed by atoms with Gasteiger partial charge in [-0.3, -0.25) is 4.79 Å². The van der Waals surface area contributed by atoms with E-state index in [9.17, 15) is 4.79 Å². The first-order valence-corrected chi connectivity index (χ1v) is 6.24. The van der Waals surface area contributed by atoms with Crippen LogP contribution in [0.15, 0.2) is 24.3 Å². The Kier molecular flexibility index (Phi) is 5.82. The van der Waals surface area contributed by atoms with Crippen molar-refractivity contribution in [3.63, 3.8) is 0 Å². The van der Waals surface area contributed by atoms with Crippen LogP contribution in [0.4, 0.5) is 0 Å². The summed E-state index contributed by atoms with van der Waals surface area (Å²) >= 11 is 0. The number of hydrogen-bond donors (Lipinski definition) is 2. The lowest BCUT2D eigenvalue weighted by Crippen LogP contribution is -2.34. The molecule has 18 heavy (non-hydrogen) atoms. The minimum Gasteiger partial charge on any atom is -0.359 e. The van der Waals surface area contributed by atoms with Crippen LogP contribution in [0.5, 0.6) is 0 Å². The van der Waals surface area contributed by atoms with Crippen LogP contribution in [-0.4, -0.2) is 31.4 Å². The first-order valence-electron chi connectivity index (χ1n) is 6.24. The topological polar surface area (TPSA) is 58.4 Å². The number of rotatable bonds is 6. The lowest BCUT2D eigenvalue weighted by Gasteiger charge is -2.20. The van der Waals surface area contributed by atoms with Gasteiger partial charge < -0.3 is 16.0 Å². The monoisotopic (exact) mass is 249 g/mol. The Morgan fingerprint density at radius 3 is 2.72 bits per heavy atom. The SMILES string of the molecule is CNC(=O)C(C)CN(C)Cc1cccc(CN)c1. The van der Waals surface area contributed by atoms with Gasteiger partial charge in [0.15, 0.2) is 0 Å². The maximum absolute atomic E-state index is 11.4. The molecule has 1 atom stereocenters. The standard InChI is InChI=1S/C14H23N3O/c1-11(14(18)16-2)9-17(3)10-13-6-4-5-12(7-13)8-15/h4-7,11H,8-10,15H2,1-3H3,(H,16,18). The van der Waals surface area contributed by atoms with E-state index in [0.29, 0.717) is 6.54 Å². The molecule has 100 valence electrons. The van der Waals surface area contributed by atoms with Gasteiger partial charge >= 0.3 is 0 Å². The van der Waals surface area contributed by atoms with E-state index in [0.717, 1.165) is 18.7 Å². The van der Waals surface area contributed by atoms with E-state index < -0.39 is 0 Å². The summed E-state index contributed by atoms with van der Waals surface area (Å²) in [6.07, 6.45) is 0. The second kappa shape index (κ2) is 7.13. The molecule has 0 aliphatic carbocycles. The molecule has 3 N–H and O–H groups in total. The van der Waals surface area contributed by atoms with Gasteiger partial charge in [-0.2, -0.15) is 0 Å². The normalized spacial score (nSPS) is 12.5. The van der Waals surface area contributed by atoms with E-state index in [2.05, 4.69) is 22.3 Å². The second-order valence-corrected chi connectivity index (χ2v) is 4.74. The van der Waals surface area contributed by atoms with Crippen molar-refractivity contribution in [2.24, 2.45) is 11.7 Å². The Morgan fingerprint density at radius 1 is 1.44 bits per heavy atom. The smallest absolute Gasteiger partial charge is 0.223 e. The van der Waals surface area contributed by atoms with Gasteiger partial charge in [0.05, 0.1) is 0 Å². The van der Waals surface area contributed by atoms with Crippen LogP contribution >= 0.6 is 0 Å². The van der Waals surface area contributed by atoms with Crippen LogP contribution in [0.3, 0.4) is 0 Å². The molecule has 0 spiro atoms. The molecule has 0 radical (unpaired) electrons. The van der Waals surface area contributed by atoms with Crippen molar-refractivity contribution in [1.29, 1.82) is 0 Å². The summed E-state index contributed by atoms with van der Waals surface area (Å²) in [6.45, 7) is 4.07. The summed E-state index contributed by atoms with van der Waals surface area (Å²) < 4.78 is 0. The molecule has 1 aromatic rings.